The van der Waals surface area contributed by atoms with Gasteiger partial charge in [-0.1, -0.05) is 32.0 Å². The van der Waals surface area contributed by atoms with Gasteiger partial charge in [-0.05, 0) is 25.3 Å². The van der Waals surface area contributed by atoms with Crippen molar-refractivity contribution in [2.45, 2.75) is 45.3 Å². The van der Waals surface area contributed by atoms with E-state index in [1.807, 2.05) is 0 Å². The molecule has 0 radical (unpaired) electrons. The Balaban J connectivity index is 2.61. The molecule has 0 aliphatic carbocycles. The number of hydrogen-bond donors (Lipinski definition) is 1. The van der Waals surface area contributed by atoms with Crippen molar-refractivity contribution in [3.8, 4) is 0 Å². The Morgan fingerprint density at radius 2 is 1.86 bits per heavy atom. The van der Waals surface area contributed by atoms with E-state index in [2.05, 4.69) is 18.7 Å². The van der Waals surface area contributed by atoms with Crippen LogP contribution in [0, 0.1) is 5.82 Å². The van der Waals surface area contributed by atoms with Gasteiger partial charge >= 0.3 is 0 Å². The third-order valence-corrected chi connectivity index (χ3v) is 4.00. The molecule has 0 aliphatic rings. The molecule has 21 heavy (non-hydrogen) atoms. The van der Waals surface area contributed by atoms with Gasteiger partial charge in [0, 0.05) is 31.8 Å². The molecule has 0 amide bonds. The van der Waals surface area contributed by atoms with Crippen molar-refractivity contribution in [2.75, 3.05) is 26.8 Å². The fraction of sp³-hybridized carbons (Fsp3) is 0.647. The maximum atomic E-state index is 13.7. The quantitative estimate of drug-likeness (QED) is 0.718. The molecule has 0 bridgehead atoms. The van der Waals surface area contributed by atoms with Gasteiger partial charge in [-0.15, -0.1) is 0 Å². The molecule has 1 atom stereocenters. The molecule has 0 saturated heterocycles. The van der Waals surface area contributed by atoms with E-state index in [1.165, 1.54) is 6.07 Å². The molecular weight excluding hydrogens is 269 g/mol. The molecule has 4 heteroatoms. The lowest BCUT2D eigenvalue weighted by molar-refractivity contribution is 0.0893. The summed E-state index contributed by atoms with van der Waals surface area (Å²) >= 11 is 0. The van der Waals surface area contributed by atoms with Crippen LogP contribution in [0.1, 0.15) is 44.8 Å². The van der Waals surface area contributed by atoms with Gasteiger partial charge in [-0.25, -0.2) is 4.39 Å². The van der Waals surface area contributed by atoms with Crippen LogP contribution in [0.15, 0.2) is 24.3 Å². The summed E-state index contributed by atoms with van der Waals surface area (Å²) in [5.41, 5.74) is 0.383. The highest BCUT2D eigenvalue weighted by Crippen LogP contribution is 2.21. The number of rotatable bonds is 10. The number of benzene rings is 1. The summed E-state index contributed by atoms with van der Waals surface area (Å²) in [5.74, 6) is -0.337. The molecule has 3 nitrogen and oxygen atoms in total. The minimum absolute atomic E-state index is 0.337. The minimum atomic E-state index is -0.759. The number of ether oxygens (including phenoxy) is 1. The molecule has 0 heterocycles. The fourth-order valence-corrected chi connectivity index (χ4v) is 2.68. The Bertz CT molecular complexity index is 396. The van der Waals surface area contributed by atoms with Crippen molar-refractivity contribution in [3.63, 3.8) is 0 Å². The van der Waals surface area contributed by atoms with Crippen LogP contribution in [0.4, 0.5) is 4.39 Å². The Kier molecular flexibility index (Phi) is 8.50. The Morgan fingerprint density at radius 3 is 2.43 bits per heavy atom. The monoisotopic (exact) mass is 297 g/mol. The van der Waals surface area contributed by atoms with Gasteiger partial charge in [0.1, 0.15) is 5.82 Å². The third-order valence-electron chi connectivity index (χ3n) is 4.00. The van der Waals surface area contributed by atoms with E-state index >= 15 is 0 Å². The van der Waals surface area contributed by atoms with Crippen molar-refractivity contribution in [1.82, 2.24) is 4.90 Å². The van der Waals surface area contributed by atoms with E-state index < -0.39 is 6.10 Å². The minimum Gasteiger partial charge on any atom is -0.388 e. The maximum absolute atomic E-state index is 13.7. The fourth-order valence-electron chi connectivity index (χ4n) is 2.68. The molecule has 0 saturated carbocycles. The van der Waals surface area contributed by atoms with Gasteiger partial charge in [-0.2, -0.15) is 0 Å². The van der Waals surface area contributed by atoms with Crippen molar-refractivity contribution in [2.24, 2.45) is 0 Å². The van der Waals surface area contributed by atoms with E-state index in [1.54, 1.807) is 25.3 Å². The molecule has 0 fully saturated rings. The summed E-state index contributed by atoms with van der Waals surface area (Å²) in [4.78, 5) is 2.33. The van der Waals surface area contributed by atoms with Crippen molar-refractivity contribution >= 4 is 0 Å². The van der Waals surface area contributed by atoms with Gasteiger partial charge in [-0.3, -0.25) is 4.90 Å². The lowest BCUT2D eigenvalue weighted by atomic mass is 10.0. The molecule has 120 valence electrons. The van der Waals surface area contributed by atoms with Gasteiger partial charge in [0.15, 0.2) is 0 Å². The van der Waals surface area contributed by atoms with E-state index in [9.17, 15) is 9.50 Å². The Labute approximate surface area is 127 Å². The molecule has 0 aliphatic heterocycles. The number of methoxy groups -OCH3 is 1. The first kappa shape index (κ1) is 18.1. The van der Waals surface area contributed by atoms with Crippen LogP contribution in [0.3, 0.4) is 0 Å². The van der Waals surface area contributed by atoms with E-state index in [-0.39, 0.29) is 5.82 Å². The standard InChI is InChI=1S/C17H28FNO2/c1-4-14(5-2)19(12-13-21-3)11-10-17(20)15-8-6-7-9-16(15)18/h6-9,14,17,20H,4-5,10-13H2,1-3H3. The number of aliphatic hydroxyl groups is 1. The zero-order chi connectivity index (χ0) is 15.7. The number of nitrogens with zero attached hydrogens (tertiary/aromatic N) is 1. The van der Waals surface area contributed by atoms with Crippen LogP contribution in [-0.4, -0.2) is 42.9 Å². The Hall–Kier alpha value is -0.970. The molecule has 1 N–H and O–H groups in total. The van der Waals surface area contributed by atoms with E-state index in [4.69, 9.17) is 4.74 Å². The van der Waals surface area contributed by atoms with Crippen LogP contribution in [0.5, 0.6) is 0 Å². The second-order valence-corrected chi connectivity index (χ2v) is 5.33. The van der Waals surface area contributed by atoms with Gasteiger partial charge in [0.2, 0.25) is 0 Å². The molecule has 1 aromatic carbocycles. The zero-order valence-corrected chi connectivity index (χ0v) is 13.4. The number of halogens is 1. The lowest BCUT2D eigenvalue weighted by Crippen LogP contribution is -2.38. The second kappa shape index (κ2) is 9.87. The molecule has 1 rings (SSSR count). The molecule has 1 aromatic rings. The largest absolute Gasteiger partial charge is 0.388 e. The summed E-state index contributed by atoms with van der Waals surface area (Å²) in [5, 5.41) is 10.2. The first-order valence-corrected chi connectivity index (χ1v) is 7.79. The number of hydrogen-bond acceptors (Lipinski definition) is 3. The average Bonchev–Trinajstić information content (AvgIpc) is 2.50. The van der Waals surface area contributed by atoms with Crippen LogP contribution >= 0.6 is 0 Å². The lowest BCUT2D eigenvalue weighted by Gasteiger charge is -2.31. The maximum Gasteiger partial charge on any atom is 0.128 e. The molecule has 1 unspecified atom stereocenters. The van der Waals surface area contributed by atoms with Crippen molar-refractivity contribution in [1.29, 1.82) is 0 Å². The van der Waals surface area contributed by atoms with Crippen LogP contribution in [0.2, 0.25) is 0 Å². The van der Waals surface area contributed by atoms with Crippen LogP contribution in [-0.2, 0) is 4.74 Å². The average molecular weight is 297 g/mol. The van der Waals surface area contributed by atoms with Crippen molar-refractivity contribution in [3.05, 3.63) is 35.6 Å². The highest BCUT2D eigenvalue weighted by atomic mass is 19.1. The second-order valence-electron chi connectivity index (χ2n) is 5.33. The third kappa shape index (κ3) is 5.73. The van der Waals surface area contributed by atoms with Gasteiger partial charge < -0.3 is 9.84 Å². The van der Waals surface area contributed by atoms with Gasteiger partial charge in [0.05, 0.1) is 12.7 Å². The molecular formula is C17H28FNO2. The van der Waals surface area contributed by atoms with Crippen molar-refractivity contribution < 1.29 is 14.2 Å². The first-order chi connectivity index (χ1) is 10.1. The zero-order valence-electron chi connectivity index (χ0n) is 13.4. The first-order valence-electron chi connectivity index (χ1n) is 7.79. The van der Waals surface area contributed by atoms with Crippen LogP contribution in [0.25, 0.3) is 0 Å². The normalized spacial score (nSPS) is 13.1. The predicted octanol–water partition coefficient (Wildman–Crippen LogP) is 3.39. The smallest absolute Gasteiger partial charge is 0.128 e. The topological polar surface area (TPSA) is 32.7 Å². The van der Waals surface area contributed by atoms with Crippen LogP contribution < -0.4 is 0 Å². The van der Waals surface area contributed by atoms with E-state index in [0.29, 0.717) is 24.6 Å². The number of aliphatic hydroxyl groups excluding tert-OH is 1. The summed E-state index contributed by atoms with van der Waals surface area (Å²) in [6, 6.07) is 6.91. The summed E-state index contributed by atoms with van der Waals surface area (Å²) < 4.78 is 18.8. The SMILES string of the molecule is CCC(CC)N(CCOC)CCC(O)c1ccccc1F. The molecule has 0 aromatic heterocycles. The summed E-state index contributed by atoms with van der Waals surface area (Å²) in [6.45, 7) is 6.59. The summed E-state index contributed by atoms with van der Waals surface area (Å²) in [7, 11) is 1.69. The predicted molar refractivity (Wildman–Crippen MR) is 83.8 cm³/mol. The molecule has 0 spiro atoms. The summed E-state index contributed by atoms with van der Waals surface area (Å²) in [6.07, 6.45) is 1.90. The van der Waals surface area contributed by atoms with E-state index in [0.717, 1.165) is 25.9 Å². The Morgan fingerprint density at radius 1 is 1.19 bits per heavy atom. The highest BCUT2D eigenvalue weighted by Gasteiger charge is 2.18. The van der Waals surface area contributed by atoms with Gasteiger partial charge in [0.25, 0.3) is 0 Å². The highest BCUT2D eigenvalue weighted by molar-refractivity contribution is 5.19.